The predicted molar refractivity (Wildman–Crippen MR) is 68.6 cm³/mol. The normalized spacial score (nSPS) is 9.94. The molecule has 90 valence electrons. The fraction of sp³-hybridized carbons (Fsp3) is 0.308. The summed E-state index contributed by atoms with van der Waals surface area (Å²) in [6, 6.07) is 0. The Kier molecular flexibility index (Phi) is 4.59. The van der Waals surface area contributed by atoms with E-state index >= 15 is 0 Å². The second-order valence-electron chi connectivity index (χ2n) is 3.12. The molecular weight excluding hydrogens is 240 g/mol. The Hall–Kier alpha value is -1.47. The van der Waals surface area contributed by atoms with Crippen molar-refractivity contribution in [1.82, 2.24) is 4.98 Å². The summed E-state index contributed by atoms with van der Waals surface area (Å²) < 4.78 is 26.1. The van der Waals surface area contributed by atoms with E-state index in [0.29, 0.717) is 5.56 Å². The van der Waals surface area contributed by atoms with Crippen LogP contribution in [0.4, 0.5) is 8.78 Å². The standard InChI is InChI=1S/C11H7F2NS.C2H6/c1-3-7-9-6(2)4-14-5-8(9)15-10(7)11(12)13;1-2/h1,4-5,11H,2H3;1-2H3. The van der Waals surface area contributed by atoms with E-state index in [2.05, 4.69) is 10.9 Å². The Morgan fingerprint density at radius 1 is 1.35 bits per heavy atom. The summed E-state index contributed by atoms with van der Waals surface area (Å²) in [7, 11) is 0. The second kappa shape index (κ2) is 5.74. The van der Waals surface area contributed by atoms with E-state index in [1.807, 2.05) is 20.8 Å². The minimum Gasteiger partial charge on any atom is -0.263 e. The average molecular weight is 253 g/mol. The van der Waals surface area contributed by atoms with Crippen molar-refractivity contribution in [3.05, 3.63) is 28.4 Å². The highest BCUT2D eigenvalue weighted by Crippen LogP contribution is 2.37. The van der Waals surface area contributed by atoms with E-state index in [0.717, 1.165) is 27.0 Å². The van der Waals surface area contributed by atoms with Crippen LogP contribution in [0, 0.1) is 19.3 Å². The third kappa shape index (κ3) is 2.45. The van der Waals surface area contributed by atoms with Crippen LogP contribution in [0.1, 0.15) is 36.3 Å². The van der Waals surface area contributed by atoms with Gasteiger partial charge >= 0.3 is 0 Å². The summed E-state index contributed by atoms with van der Waals surface area (Å²) in [5, 5.41) is 0.729. The molecule has 0 aliphatic carbocycles. The molecule has 0 atom stereocenters. The summed E-state index contributed by atoms with van der Waals surface area (Å²) in [6.45, 7) is 5.82. The molecule has 0 fully saturated rings. The minimum atomic E-state index is -2.52. The van der Waals surface area contributed by atoms with Crippen LogP contribution in [0.25, 0.3) is 10.1 Å². The first-order valence-corrected chi connectivity index (χ1v) is 6.08. The number of aryl methyl sites for hydroxylation is 1. The highest BCUT2D eigenvalue weighted by Gasteiger charge is 2.19. The molecule has 0 radical (unpaired) electrons. The van der Waals surface area contributed by atoms with Crippen LogP contribution in [0.2, 0.25) is 0 Å². The molecule has 0 saturated heterocycles. The van der Waals surface area contributed by atoms with E-state index in [1.54, 1.807) is 12.4 Å². The topological polar surface area (TPSA) is 12.9 Å². The molecule has 4 heteroatoms. The van der Waals surface area contributed by atoms with Gasteiger partial charge in [0.25, 0.3) is 6.43 Å². The maximum atomic E-state index is 12.7. The van der Waals surface area contributed by atoms with Crippen molar-refractivity contribution in [3.63, 3.8) is 0 Å². The summed E-state index contributed by atoms with van der Waals surface area (Å²) in [4.78, 5) is 3.92. The lowest BCUT2D eigenvalue weighted by atomic mass is 10.1. The molecule has 0 saturated carbocycles. The van der Waals surface area contributed by atoms with Crippen molar-refractivity contribution < 1.29 is 8.78 Å². The third-order valence-corrected chi connectivity index (χ3v) is 3.29. The number of fused-ring (bicyclic) bond motifs is 1. The van der Waals surface area contributed by atoms with Gasteiger partial charge < -0.3 is 0 Å². The van der Waals surface area contributed by atoms with Gasteiger partial charge in [-0.25, -0.2) is 8.78 Å². The number of halogens is 2. The lowest BCUT2D eigenvalue weighted by Crippen LogP contribution is -1.84. The van der Waals surface area contributed by atoms with E-state index < -0.39 is 6.43 Å². The number of pyridine rings is 1. The van der Waals surface area contributed by atoms with Crippen molar-refractivity contribution in [3.8, 4) is 12.3 Å². The van der Waals surface area contributed by atoms with E-state index in [1.165, 1.54) is 0 Å². The zero-order valence-corrected chi connectivity index (χ0v) is 10.7. The van der Waals surface area contributed by atoms with Crippen LogP contribution >= 0.6 is 11.3 Å². The molecule has 0 unspecified atom stereocenters. The average Bonchev–Trinajstić information content (AvgIpc) is 2.72. The molecule has 0 aromatic carbocycles. The number of thiophene rings is 1. The smallest absolute Gasteiger partial charge is 0.263 e. The van der Waals surface area contributed by atoms with Crippen LogP contribution in [-0.4, -0.2) is 4.98 Å². The van der Waals surface area contributed by atoms with Crippen LogP contribution < -0.4 is 0 Å². The Labute approximate surface area is 103 Å². The molecule has 2 aromatic heterocycles. The Morgan fingerprint density at radius 2 is 2.00 bits per heavy atom. The quantitative estimate of drug-likeness (QED) is 0.679. The Balaban J connectivity index is 0.000000686. The van der Waals surface area contributed by atoms with Gasteiger partial charge in [0, 0.05) is 17.8 Å². The number of nitrogens with zero attached hydrogens (tertiary/aromatic N) is 1. The summed E-state index contributed by atoms with van der Waals surface area (Å²) in [6.07, 6.45) is 5.95. The maximum Gasteiger partial charge on any atom is 0.274 e. The highest BCUT2D eigenvalue weighted by molar-refractivity contribution is 7.19. The Bertz CT molecular complexity index is 552. The van der Waals surface area contributed by atoms with Crippen molar-refractivity contribution in [2.75, 3.05) is 0 Å². The molecule has 0 spiro atoms. The Morgan fingerprint density at radius 3 is 2.53 bits per heavy atom. The first kappa shape index (κ1) is 13.6. The monoisotopic (exact) mass is 253 g/mol. The summed E-state index contributed by atoms with van der Waals surface area (Å²) >= 11 is 1.02. The van der Waals surface area contributed by atoms with Gasteiger partial charge in [0.15, 0.2) is 0 Å². The first-order valence-electron chi connectivity index (χ1n) is 5.27. The van der Waals surface area contributed by atoms with E-state index in [9.17, 15) is 8.78 Å². The minimum absolute atomic E-state index is 0.0383. The van der Waals surface area contributed by atoms with Gasteiger partial charge in [-0.2, -0.15) is 0 Å². The predicted octanol–water partition coefficient (Wildman–Crippen LogP) is 4.55. The molecule has 0 N–H and O–H groups in total. The lowest BCUT2D eigenvalue weighted by molar-refractivity contribution is 0.155. The van der Waals surface area contributed by atoms with Crippen LogP contribution in [0.15, 0.2) is 12.4 Å². The van der Waals surface area contributed by atoms with Crippen molar-refractivity contribution >= 4 is 21.4 Å². The van der Waals surface area contributed by atoms with Crippen LogP contribution in [-0.2, 0) is 0 Å². The molecule has 2 heterocycles. The van der Waals surface area contributed by atoms with Crippen molar-refractivity contribution in [1.29, 1.82) is 0 Å². The number of alkyl halides is 2. The number of terminal acetylenes is 1. The van der Waals surface area contributed by atoms with E-state index in [-0.39, 0.29) is 4.88 Å². The molecule has 1 nitrogen and oxygen atoms in total. The fourth-order valence-corrected chi connectivity index (χ4v) is 2.60. The van der Waals surface area contributed by atoms with Crippen LogP contribution in [0.5, 0.6) is 0 Å². The zero-order valence-electron chi connectivity index (χ0n) is 9.92. The van der Waals surface area contributed by atoms with Crippen LogP contribution in [0.3, 0.4) is 0 Å². The SMILES string of the molecule is C#Cc1c(C(F)F)sc2cncc(C)c12.CC. The van der Waals surface area contributed by atoms with Gasteiger partial charge in [0.2, 0.25) is 0 Å². The number of hydrogen-bond acceptors (Lipinski definition) is 2. The summed E-state index contributed by atoms with van der Waals surface area (Å²) in [5.74, 6) is 2.34. The molecular formula is C13H13F2NS. The van der Waals surface area contributed by atoms with Crippen molar-refractivity contribution in [2.45, 2.75) is 27.2 Å². The highest BCUT2D eigenvalue weighted by atomic mass is 32.1. The summed E-state index contributed by atoms with van der Waals surface area (Å²) in [5.41, 5.74) is 1.15. The van der Waals surface area contributed by atoms with E-state index in [4.69, 9.17) is 6.42 Å². The van der Waals surface area contributed by atoms with Gasteiger partial charge in [-0.15, -0.1) is 17.8 Å². The molecule has 2 aromatic rings. The molecule has 17 heavy (non-hydrogen) atoms. The van der Waals surface area contributed by atoms with Gasteiger partial charge in [-0.3, -0.25) is 4.98 Å². The fourth-order valence-electron chi connectivity index (χ4n) is 1.53. The second-order valence-corrected chi connectivity index (χ2v) is 4.20. The molecule has 0 bridgehead atoms. The molecule has 0 aliphatic heterocycles. The molecule has 2 rings (SSSR count). The zero-order chi connectivity index (χ0) is 13.0. The maximum absolute atomic E-state index is 12.7. The number of aromatic nitrogens is 1. The van der Waals surface area contributed by atoms with Gasteiger partial charge in [0.05, 0.1) is 15.1 Å². The number of hydrogen-bond donors (Lipinski definition) is 0. The van der Waals surface area contributed by atoms with Gasteiger partial charge in [0.1, 0.15) is 0 Å². The molecule has 0 aliphatic rings. The van der Waals surface area contributed by atoms with Gasteiger partial charge in [-0.05, 0) is 12.5 Å². The third-order valence-electron chi connectivity index (χ3n) is 2.16. The first-order chi connectivity index (χ1) is 8.15. The molecule has 0 amide bonds. The van der Waals surface area contributed by atoms with Gasteiger partial charge in [-0.1, -0.05) is 19.8 Å². The van der Waals surface area contributed by atoms with Crippen molar-refractivity contribution in [2.24, 2.45) is 0 Å². The largest absolute Gasteiger partial charge is 0.274 e. The lowest BCUT2D eigenvalue weighted by Gasteiger charge is -1.97. The number of rotatable bonds is 1.